The first kappa shape index (κ1) is 50.7. The first-order chi connectivity index (χ1) is 31.6. The number of aryl methyl sites for hydroxylation is 2. The fourth-order valence-electron chi connectivity index (χ4n) is 11.1. The Morgan fingerprint density at radius 2 is 1.15 bits per heavy atom. The number of nitrogens with zero attached hydrogens (tertiary/aromatic N) is 9. The number of morpholine rings is 2. The molecule has 0 spiro atoms. The van der Waals surface area contributed by atoms with Gasteiger partial charge in [0, 0.05) is 122 Å². The average molecular weight is 947 g/mol. The van der Waals surface area contributed by atoms with E-state index >= 15 is 0 Å². The third-order valence-electron chi connectivity index (χ3n) is 14.6. The van der Waals surface area contributed by atoms with Crippen molar-refractivity contribution in [1.82, 2.24) is 48.3 Å². The summed E-state index contributed by atoms with van der Waals surface area (Å²) < 4.78 is 43.3. The van der Waals surface area contributed by atoms with Gasteiger partial charge < -0.3 is 14.5 Å². The van der Waals surface area contributed by atoms with Gasteiger partial charge in [0.2, 0.25) is 0 Å². The summed E-state index contributed by atoms with van der Waals surface area (Å²) in [5.74, 6) is 1.03. The van der Waals surface area contributed by atoms with Crippen molar-refractivity contribution in [2.45, 2.75) is 128 Å². The Bertz CT molecular complexity index is 2830. The van der Waals surface area contributed by atoms with Crippen molar-refractivity contribution in [2.24, 2.45) is 14.1 Å². The third-order valence-corrected chi connectivity index (χ3v) is 16.3. The first-order valence-electron chi connectivity index (χ1n) is 23.5. The monoisotopic (exact) mass is 947 g/mol. The number of fused-ring (bicyclic) bond motifs is 2. The number of ether oxygens (including phenoxy) is 2. The Labute approximate surface area is 404 Å². The van der Waals surface area contributed by atoms with Gasteiger partial charge in [-0.05, 0) is 112 Å². The highest BCUT2D eigenvalue weighted by molar-refractivity contribution is 7.90. The average Bonchev–Trinajstić information content (AvgIpc) is 4.16. The van der Waals surface area contributed by atoms with E-state index < -0.39 is 10.0 Å². The summed E-state index contributed by atoms with van der Waals surface area (Å²) in [6.45, 7) is 10.1. The zero-order valence-corrected chi connectivity index (χ0v) is 38.9. The molecule has 11 rings (SSSR count). The number of hydrogen-bond donors (Lipinski definition) is 1. The molecule has 2 aliphatic carbocycles. The minimum absolute atomic E-state index is 0. The molecule has 4 fully saturated rings. The van der Waals surface area contributed by atoms with E-state index in [1.165, 1.54) is 51.7 Å². The van der Waals surface area contributed by atoms with Gasteiger partial charge in [-0.3, -0.25) is 19.2 Å². The lowest BCUT2D eigenvalue weighted by Gasteiger charge is -2.42. The number of pyridine rings is 2. The molecule has 2 aliphatic heterocycles. The number of rotatable bonds is 8. The molecule has 2 atom stereocenters. The second kappa shape index (κ2) is 21.6. The van der Waals surface area contributed by atoms with Gasteiger partial charge in [-0.15, -0.1) is 0 Å². The lowest BCUT2D eigenvalue weighted by molar-refractivity contribution is -0.0302. The lowest BCUT2D eigenvalue weighted by atomic mass is 9.81. The summed E-state index contributed by atoms with van der Waals surface area (Å²) in [6, 6.07) is 15.4. The largest absolute Gasteiger partial charge is 0.379 e. The van der Waals surface area contributed by atoms with Crippen molar-refractivity contribution in [2.75, 3.05) is 39.5 Å². The van der Waals surface area contributed by atoms with Gasteiger partial charge in [0.1, 0.15) is 5.65 Å². The van der Waals surface area contributed by atoms with Gasteiger partial charge in [0.25, 0.3) is 10.0 Å². The molecule has 2 saturated heterocycles. The van der Waals surface area contributed by atoms with Gasteiger partial charge in [0.15, 0.2) is 5.65 Å². The standard InChI is InChI=1S/C28H33N5O3S.C22H29N5O.3CH4/c1-20-19-36-13-12-32(20)24-10-8-21(9-11-24)22-14-26-27(23-16-30-31(2)17-23)18-33(28(26)29-15-22)37(34,35)25-6-4-3-5-7-25;1-15-14-28-8-7-27(15)19-5-3-16(4-6-19)17-9-20-21(12-24-22(20)23-10-17)18-11-25-26(2)13-18;;;/h3-7,14-18,20-21,24H,8-13,19H2,1-2H3;9-13,15-16,19H,3-8,14H2,1-2H3,(H,23,24);3*1H4/t20-,21?,24?;15-,16?,19?;;;/m00.../s1. The van der Waals surface area contributed by atoms with Crippen LogP contribution in [0.5, 0.6) is 0 Å². The van der Waals surface area contributed by atoms with Crippen molar-refractivity contribution in [3.63, 3.8) is 0 Å². The Kier molecular flexibility index (Phi) is 16.1. The summed E-state index contributed by atoms with van der Waals surface area (Å²) in [5.41, 5.74) is 7.99. The molecule has 1 N–H and O–H groups in total. The molecule has 1 aromatic carbocycles. The Morgan fingerprint density at radius 1 is 0.632 bits per heavy atom. The first-order valence-corrected chi connectivity index (χ1v) is 25.0. The van der Waals surface area contributed by atoms with Crippen molar-refractivity contribution in [3.8, 4) is 22.3 Å². The van der Waals surface area contributed by atoms with Crippen molar-refractivity contribution >= 4 is 32.1 Å². The van der Waals surface area contributed by atoms with Crippen LogP contribution in [-0.2, 0) is 33.6 Å². The smallest absolute Gasteiger partial charge is 0.269 e. The Hall–Kier alpha value is -5.19. The quantitative estimate of drug-likeness (QED) is 0.157. The van der Waals surface area contributed by atoms with Gasteiger partial charge in [-0.2, -0.15) is 10.2 Å². The van der Waals surface area contributed by atoms with E-state index in [2.05, 4.69) is 69.6 Å². The van der Waals surface area contributed by atoms with Crippen LogP contribution in [0.25, 0.3) is 44.3 Å². The van der Waals surface area contributed by atoms with Crippen LogP contribution in [0.3, 0.4) is 0 Å². The lowest BCUT2D eigenvalue weighted by Crippen LogP contribution is -2.50. The van der Waals surface area contributed by atoms with Crippen LogP contribution in [0.1, 0.15) is 110 Å². The third kappa shape index (κ3) is 10.2. The minimum atomic E-state index is -3.80. The van der Waals surface area contributed by atoms with Crippen LogP contribution in [0.4, 0.5) is 0 Å². The minimum Gasteiger partial charge on any atom is -0.379 e. The van der Waals surface area contributed by atoms with E-state index in [-0.39, 0.29) is 27.2 Å². The topological polar surface area (TPSA) is 141 Å². The predicted octanol–water partition coefficient (Wildman–Crippen LogP) is 10.0. The molecular weight excluding hydrogens is 873 g/mol. The number of benzene rings is 1. The number of aromatic nitrogens is 8. The highest BCUT2D eigenvalue weighted by Crippen LogP contribution is 2.40. The van der Waals surface area contributed by atoms with E-state index in [0.29, 0.717) is 41.7 Å². The summed E-state index contributed by atoms with van der Waals surface area (Å²) in [7, 11) is 0.0187. The van der Waals surface area contributed by atoms with Crippen LogP contribution in [0.15, 0.2) is 96.9 Å². The van der Waals surface area contributed by atoms with Crippen LogP contribution in [0.2, 0.25) is 0 Å². The van der Waals surface area contributed by atoms with E-state index in [9.17, 15) is 8.42 Å². The summed E-state index contributed by atoms with van der Waals surface area (Å²) in [5, 5.41) is 10.7. The number of H-pyrrole nitrogens is 1. The number of hydrogen-bond acceptors (Lipinski definition) is 10. The summed E-state index contributed by atoms with van der Waals surface area (Å²) in [6.07, 6.45) is 24.9. The highest BCUT2D eigenvalue weighted by atomic mass is 32.2. The van der Waals surface area contributed by atoms with E-state index in [0.717, 1.165) is 92.9 Å². The van der Waals surface area contributed by atoms with Crippen molar-refractivity contribution < 1.29 is 17.9 Å². The van der Waals surface area contributed by atoms with Crippen LogP contribution in [-0.4, -0.2) is 120 Å². The molecule has 15 heteroatoms. The fraction of sp³-hybridized carbons (Fsp3) is 0.509. The van der Waals surface area contributed by atoms with Crippen LogP contribution in [0, 0.1) is 0 Å². The van der Waals surface area contributed by atoms with E-state index in [1.54, 1.807) is 41.3 Å². The van der Waals surface area contributed by atoms with Gasteiger partial charge in [0.05, 0.1) is 43.7 Å². The SMILES string of the molecule is C.C.C.C[C@H]1COCCN1C1CCC(c2cnc3[nH]cc(-c4cnn(C)c4)c3c2)CC1.C[C@H]1COCCN1C1CCC(c2cnc3c(c2)c(-c2cnn(C)c2)cn3S(=O)(=O)c2ccccc2)CC1. The van der Waals surface area contributed by atoms with Crippen LogP contribution >= 0.6 is 0 Å². The second-order valence-corrected chi connectivity index (χ2v) is 20.6. The molecule has 2 saturated carbocycles. The maximum absolute atomic E-state index is 13.6. The molecule has 68 heavy (non-hydrogen) atoms. The van der Waals surface area contributed by atoms with Crippen molar-refractivity contribution in [1.29, 1.82) is 0 Å². The number of aromatic amines is 1. The molecule has 366 valence electrons. The van der Waals surface area contributed by atoms with Gasteiger partial charge in [-0.25, -0.2) is 22.4 Å². The molecule has 14 nitrogen and oxygen atoms in total. The van der Waals surface area contributed by atoms with E-state index in [1.807, 2.05) is 43.4 Å². The molecule has 4 aliphatic rings. The molecule has 0 radical (unpaired) electrons. The zero-order chi connectivity index (χ0) is 44.7. The molecule has 6 aromatic heterocycles. The van der Waals surface area contributed by atoms with E-state index in [4.69, 9.17) is 19.4 Å². The zero-order valence-electron chi connectivity index (χ0n) is 38.1. The van der Waals surface area contributed by atoms with Gasteiger partial charge in [-0.1, -0.05) is 40.5 Å². The van der Waals surface area contributed by atoms with Crippen molar-refractivity contribution in [3.05, 3.63) is 103 Å². The highest BCUT2D eigenvalue weighted by Gasteiger charge is 2.33. The normalized spacial score (nSPS) is 23.8. The number of nitrogens with one attached hydrogen (secondary N) is 1. The molecule has 0 amide bonds. The maximum atomic E-state index is 13.6. The summed E-state index contributed by atoms with van der Waals surface area (Å²) in [4.78, 5) is 18.3. The molecule has 8 heterocycles. The molecular formula is C53H74N10O4S. The predicted molar refractivity (Wildman–Crippen MR) is 273 cm³/mol. The Morgan fingerprint density at radius 3 is 1.66 bits per heavy atom. The maximum Gasteiger partial charge on any atom is 0.269 e. The second-order valence-electron chi connectivity index (χ2n) is 18.8. The summed E-state index contributed by atoms with van der Waals surface area (Å²) >= 11 is 0. The van der Waals surface area contributed by atoms with Crippen LogP contribution < -0.4 is 0 Å². The molecule has 0 unspecified atom stereocenters. The molecule has 0 bridgehead atoms. The fourth-order valence-corrected chi connectivity index (χ4v) is 12.4. The molecule has 7 aromatic rings. The Balaban J connectivity index is 0.000000199. The van der Waals surface area contributed by atoms with Gasteiger partial charge >= 0.3 is 0 Å².